The van der Waals surface area contributed by atoms with Gasteiger partial charge in [-0.05, 0) is 31.4 Å². The second kappa shape index (κ2) is 8.21. The number of morpholine rings is 1. The molecule has 2 aromatic heterocycles. The molecule has 0 radical (unpaired) electrons. The zero-order valence-corrected chi connectivity index (χ0v) is 17.7. The Hall–Kier alpha value is -2.09. The first-order chi connectivity index (χ1) is 14.6. The van der Waals surface area contributed by atoms with Crippen LogP contribution in [0.25, 0.3) is 0 Å². The Bertz CT molecular complexity index is 854. The summed E-state index contributed by atoms with van der Waals surface area (Å²) in [7, 11) is 0. The van der Waals surface area contributed by atoms with Gasteiger partial charge >= 0.3 is 0 Å². The quantitative estimate of drug-likeness (QED) is 0.829. The van der Waals surface area contributed by atoms with Crippen LogP contribution in [0.5, 0.6) is 0 Å². The summed E-state index contributed by atoms with van der Waals surface area (Å²) in [4.78, 5) is 18.5. The van der Waals surface area contributed by atoms with Gasteiger partial charge in [0.25, 0.3) is 0 Å². The minimum Gasteiger partial charge on any atom is -0.383 e. The number of pyridine rings is 1. The molecule has 0 amide bonds. The van der Waals surface area contributed by atoms with E-state index in [1.54, 1.807) is 0 Å². The smallest absolute Gasteiger partial charge is 0.225 e. The molecule has 3 fully saturated rings. The lowest BCUT2D eigenvalue weighted by Crippen LogP contribution is -2.58. The second-order valence-electron chi connectivity index (χ2n) is 9.00. The molecule has 4 heterocycles. The van der Waals surface area contributed by atoms with Crippen molar-refractivity contribution in [2.75, 3.05) is 44.3 Å². The molecule has 1 saturated carbocycles. The number of fused-ring (bicyclic) bond motifs is 2. The third-order valence-electron chi connectivity index (χ3n) is 7.09. The van der Waals surface area contributed by atoms with Gasteiger partial charge in [0.2, 0.25) is 5.95 Å². The second-order valence-corrected chi connectivity index (χ2v) is 9.00. The number of hydrogen-bond donors (Lipinski definition) is 1. The third-order valence-corrected chi connectivity index (χ3v) is 7.09. The molecule has 1 N–H and O–H groups in total. The van der Waals surface area contributed by atoms with E-state index in [4.69, 9.17) is 4.74 Å². The van der Waals surface area contributed by atoms with E-state index in [1.165, 1.54) is 6.42 Å². The molecule has 30 heavy (non-hydrogen) atoms. The van der Waals surface area contributed by atoms with E-state index in [0.717, 1.165) is 81.5 Å². The Morgan fingerprint density at radius 2 is 1.80 bits per heavy atom. The minimum atomic E-state index is -0.809. The van der Waals surface area contributed by atoms with Crippen molar-refractivity contribution in [1.82, 2.24) is 19.9 Å². The molecule has 2 saturated heterocycles. The lowest BCUT2D eigenvalue weighted by molar-refractivity contribution is -0.151. The van der Waals surface area contributed by atoms with Crippen LogP contribution in [0.15, 0.2) is 30.7 Å². The van der Waals surface area contributed by atoms with Crippen LogP contribution in [0.3, 0.4) is 0 Å². The van der Waals surface area contributed by atoms with Crippen LogP contribution in [0.2, 0.25) is 0 Å². The molecule has 7 nitrogen and oxygen atoms in total. The van der Waals surface area contributed by atoms with Crippen molar-refractivity contribution in [2.24, 2.45) is 11.8 Å². The number of nitrogens with zero attached hydrogens (tertiary/aromatic N) is 5. The van der Waals surface area contributed by atoms with Gasteiger partial charge in [-0.3, -0.25) is 9.88 Å². The molecule has 2 atom stereocenters. The van der Waals surface area contributed by atoms with Crippen LogP contribution >= 0.6 is 0 Å². The normalized spacial score (nSPS) is 29.7. The molecule has 5 rings (SSSR count). The largest absolute Gasteiger partial charge is 0.383 e. The first kappa shape index (κ1) is 19.8. The standard InChI is InChI=1S/C23H31N5O2/c1-17-4-3-7-24-21(17)23(29)19-5-2-6-20(23)16-27(15-19)14-18-12-25-22(26-13-18)28-8-10-30-11-9-28/h3-4,7,12-13,19-20,29H,2,5-6,8-11,14-16H2,1H3/t19-,20-/m1/s1. The van der Waals surface area contributed by atoms with Crippen molar-refractivity contribution in [3.63, 3.8) is 0 Å². The van der Waals surface area contributed by atoms with Gasteiger partial charge in [-0.1, -0.05) is 12.5 Å². The van der Waals surface area contributed by atoms with Crippen molar-refractivity contribution in [2.45, 2.75) is 38.3 Å². The first-order valence-corrected chi connectivity index (χ1v) is 11.1. The van der Waals surface area contributed by atoms with Crippen LogP contribution in [-0.2, 0) is 16.9 Å². The van der Waals surface area contributed by atoms with E-state index in [2.05, 4.69) is 37.7 Å². The zero-order valence-electron chi connectivity index (χ0n) is 17.7. The predicted octanol–water partition coefficient (Wildman–Crippen LogP) is 2.14. The number of aliphatic hydroxyl groups is 1. The van der Waals surface area contributed by atoms with E-state index in [9.17, 15) is 5.11 Å². The number of aromatic nitrogens is 3. The average Bonchev–Trinajstić information content (AvgIpc) is 2.76. The Balaban J connectivity index is 1.30. The fourth-order valence-corrected chi connectivity index (χ4v) is 5.58. The van der Waals surface area contributed by atoms with Crippen molar-refractivity contribution in [3.05, 3.63) is 47.5 Å². The molecule has 0 spiro atoms. The highest BCUT2D eigenvalue weighted by atomic mass is 16.5. The molecular weight excluding hydrogens is 378 g/mol. The number of ether oxygens (including phenoxy) is 1. The third kappa shape index (κ3) is 3.59. The number of piperidine rings is 1. The van der Waals surface area contributed by atoms with Crippen LogP contribution in [0.1, 0.15) is 36.1 Å². The summed E-state index contributed by atoms with van der Waals surface area (Å²) in [6, 6.07) is 4.02. The van der Waals surface area contributed by atoms with Crippen LogP contribution in [0, 0.1) is 18.8 Å². The summed E-state index contributed by atoms with van der Waals surface area (Å²) in [5, 5.41) is 11.8. The molecule has 7 heteroatoms. The van der Waals surface area contributed by atoms with E-state index < -0.39 is 5.60 Å². The van der Waals surface area contributed by atoms with E-state index in [0.29, 0.717) is 0 Å². The first-order valence-electron chi connectivity index (χ1n) is 11.1. The molecule has 1 aliphatic carbocycles. The van der Waals surface area contributed by atoms with Crippen molar-refractivity contribution >= 4 is 5.95 Å². The van der Waals surface area contributed by atoms with Gasteiger partial charge in [-0.25, -0.2) is 9.97 Å². The summed E-state index contributed by atoms with van der Waals surface area (Å²) in [5.41, 5.74) is 2.30. The maximum Gasteiger partial charge on any atom is 0.225 e. The SMILES string of the molecule is Cc1cccnc1C1(O)[C@@H]2CCC[C@@H]1CN(Cc1cnc(N3CCOCC3)nc1)C2. The number of aryl methyl sites for hydroxylation is 1. The van der Waals surface area contributed by atoms with Crippen LogP contribution in [-0.4, -0.2) is 64.4 Å². The Morgan fingerprint density at radius 3 is 2.47 bits per heavy atom. The van der Waals surface area contributed by atoms with Crippen LogP contribution in [0.4, 0.5) is 5.95 Å². The Morgan fingerprint density at radius 1 is 1.10 bits per heavy atom. The highest BCUT2D eigenvalue weighted by molar-refractivity contribution is 5.31. The topological polar surface area (TPSA) is 74.6 Å². The van der Waals surface area contributed by atoms with Crippen molar-refractivity contribution in [3.8, 4) is 0 Å². The van der Waals surface area contributed by atoms with E-state index >= 15 is 0 Å². The monoisotopic (exact) mass is 409 g/mol. The van der Waals surface area contributed by atoms with Crippen molar-refractivity contribution < 1.29 is 9.84 Å². The summed E-state index contributed by atoms with van der Waals surface area (Å²) in [6.45, 7) is 7.83. The summed E-state index contributed by atoms with van der Waals surface area (Å²) >= 11 is 0. The highest BCUT2D eigenvalue weighted by Gasteiger charge is 2.52. The van der Waals surface area contributed by atoms with Crippen molar-refractivity contribution in [1.29, 1.82) is 0 Å². The van der Waals surface area contributed by atoms with E-state index in [-0.39, 0.29) is 11.8 Å². The Labute approximate surface area is 178 Å². The maximum absolute atomic E-state index is 11.8. The fourth-order valence-electron chi connectivity index (χ4n) is 5.58. The highest BCUT2D eigenvalue weighted by Crippen LogP contribution is 2.49. The molecule has 2 aromatic rings. The average molecular weight is 410 g/mol. The molecule has 0 aromatic carbocycles. The molecule has 2 bridgehead atoms. The molecule has 2 aliphatic heterocycles. The summed E-state index contributed by atoms with van der Waals surface area (Å²) < 4.78 is 5.41. The number of rotatable bonds is 4. The maximum atomic E-state index is 11.8. The van der Waals surface area contributed by atoms with E-state index in [1.807, 2.05) is 24.7 Å². The van der Waals surface area contributed by atoms with Crippen LogP contribution < -0.4 is 4.90 Å². The van der Waals surface area contributed by atoms with Gasteiger partial charge in [0.1, 0.15) is 5.60 Å². The summed E-state index contributed by atoms with van der Waals surface area (Å²) in [5.74, 6) is 1.22. The minimum absolute atomic E-state index is 0.215. The lowest BCUT2D eigenvalue weighted by atomic mass is 9.63. The lowest BCUT2D eigenvalue weighted by Gasteiger charge is -2.53. The number of likely N-dealkylation sites (tertiary alicyclic amines) is 1. The fraction of sp³-hybridized carbons (Fsp3) is 0.609. The van der Waals surface area contributed by atoms with Gasteiger partial charge in [-0.15, -0.1) is 0 Å². The molecule has 3 aliphatic rings. The zero-order chi connectivity index (χ0) is 20.6. The van der Waals surface area contributed by atoms with Gasteiger partial charge < -0.3 is 14.7 Å². The van der Waals surface area contributed by atoms with Gasteiger partial charge in [0.15, 0.2) is 0 Å². The number of anilines is 1. The number of hydrogen-bond acceptors (Lipinski definition) is 7. The molecule has 160 valence electrons. The Kier molecular flexibility index (Phi) is 5.43. The molecular formula is C23H31N5O2. The van der Waals surface area contributed by atoms with Gasteiger partial charge in [0.05, 0.1) is 18.9 Å². The van der Waals surface area contributed by atoms with Gasteiger partial charge in [-0.2, -0.15) is 0 Å². The predicted molar refractivity (Wildman–Crippen MR) is 114 cm³/mol. The summed E-state index contributed by atoms with van der Waals surface area (Å²) in [6.07, 6.45) is 9.01. The van der Waals surface area contributed by atoms with Gasteiger partial charge in [0, 0.05) is 68.7 Å². The molecule has 0 unspecified atom stereocenters.